The lowest BCUT2D eigenvalue weighted by Gasteiger charge is -2.13. The number of nitrogens with two attached hydrogens (primary N) is 1. The van der Waals surface area contributed by atoms with E-state index in [1.54, 1.807) is 22.8 Å². The highest BCUT2D eigenvalue weighted by atomic mass is 19.4. The van der Waals surface area contributed by atoms with Crippen molar-refractivity contribution >= 4 is 27.7 Å². The second-order valence-corrected chi connectivity index (χ2v) is 7.80. The molecule has 0 aliphatic carbocycles. The maximum Gasteiger partial charge on any atom is 0.419 e. The van der Waals surface area contributed by atoms with E-state index in [9.17, 15) is 22.4 Å². The quantitative estimate of drug-likeness (QED) is 0.354. The van der Waals surface area contributed by atoms with Crippen molar-refractivity contribution in [3.05, 3.63) is 82.7 Å². The fourth-order valence-electron chi connectivity index (χ4n) is 4.09. The Hall–Kier alpha value is -3.35. The monoisotopic (exact) mass is 441 g/mol. The minimum Gasteiger partial charge on any atom is -0.366 e. The number of aromatic nitrogens is 1. The number of carbonyl (C=O) groups is 1. The minimum absolute atomic E-state index is 0.0953. The van der Waals surface area contributed by atoms with Crippen LogP contribution < -0.4 is 5.73 Å². The Kier molecular flexibility index (Phi) is 5.67. The number of unbranched alkanes of at least 4 members (excludes halogenated alkanes) is 1. The van der Waals surface area contributed by atoms with Gasteiger partial charge in [-0.05, 0) is 48.7 Å². The zero-order valence-electron chi connectivity index (χ0n) is 17.4. The molecule has 165 valence electrons. The average Bonchev–Trinajstić information content (AvgIpc) is 3.05. The van der Waals surface area contributed by atoms with Gasteiger partial charge in [0.2, 0.25) is 5.91 Å². The van der Waals surface area contributed by atoms with Crippen molar-refractivity contribution < 1.29 is 22.4 Å². The van der Waals surface area contributed by atoms with Crippen LogP contribution in [0.2, 0.25) is 0 Å². The van der Waals surface area contributed by atoms with E-state index in [0.717, 1.165) is 30.9 Å². The van der Waals surface area contributed by atoms with Gasteiger partial charge in [0, 0.05) is 21.9 Å². The first kappa shape index (κ1) is 21.9. The smallest absolute Gasteiger partial charge is 0.366 e. The Balaban J connectivity index is 1.97. The fourth-order valence-corrected chi connectivity index (χ4v) is 4.09. The van der Waals surface area contributed by atoms with E-state index in [0.29, 0.717) is 21.8 Å². The molecule has 0 unspecified atom stereocenters. The molecule has 4 aromatic rings. The molecule has 0 saturated carbocycles. The van der Waals surface area contributed by atoms with Gasteiger partial charge in [0.25, 0.3) is 0 Å². The van der Waals surface area contributed by atoms with E-state index >= 15 is 0 Å². The number of amides is 1. The molecule has 3 nitrogen and oxygen atoms in total. The number of hydrogen-bond donors (Lipinski definition) is 1. The molecule has 7 heteroatoms. The van der Waals surface area contributed by atoms with Crippen molar-refractivity contribution in [3.63, 3.8) is 0 Å². The number of alkyl halides is 3. The molecule has 0 spiro atoms. The highest BCUT2D eigenvalue weighted by Crippen LogP contribution is 2.35. The highest BCUT2D eigenvalue weighted by Gasteiger charge is 2.34. The third-order valence-corrected chi connectivity index (χ3v) is 5.65. The van der Waals surface area contributed by atoms with Crippen LogP contribution in [0.3, 0.4) is 0 Å². The molecule has 3 aromatic carbocycles. The van der Waals surface area contributed by atoms with E-state index in [1.165, 1.54) is 12.1 Å². The average molecular weight is 441 g/mol. The summed E-state index contributed by atoms with van der Waals surface area (Å²) in [6, 6.07) is 15.3. The van der Waals surface area contributed by atoms with Gasteiger partial charge in [-0.1, -0.05) is 37.6 Å². The molecule has 0 aliphatic heterocycles. The van der Waals surface area contributed by atoms with Crippen LogP contribution in [0.15, 0.2) is 48.5 Å². The number of carbonyl (C=O) groups excluding carboxylic acids is 1. The van der Waals surface area contributed by atoms with E-state index in [1.807, 2.05) is 12.1 Å². The fraction of sp³-hybridized carbons (Fsp3) is 0.240. The molecule has 0 atom stereocenters. The first-order valence-corrected chi connectivity index (χ1v) is 10.3. The summed E-state index contributed by atoms with van der Waals surface area (Å²) in [5, 5.41) is 1.19. The summed E-state index contributed by atoms with van der Waals surface area (Å²) in [6.07, 6.45) is -2.01. The van der Waals surface area contributed by atoms with Gasteiger partial charge in [-0.2, -0.15) is 13.2 Å². The Labute approximate surface area is 182 Å². The molecule has 2 N–H and O–H groups in total. The largest absolute Gasteiger partial charge is 0.419 e. The van der Waals surface area contributed by atoms with Crippen LogP contribution in [-0.4, -0.2) is 10.5 Å². The van der Waals surface area contributed by atoms with Crippen LogP contribution in [0, 0.1) is 11.9 Å². The van der Waals surface area contributed by atoms with Gasteiger partial charge in [-0.15, -0.1) is 0 Å². The number of primary amides is 1. The Morgan fingerprint density at radius 1 is 1.12 bits per heavy atom. The van der Waals surface area contributed by atoms with Crippen LogP contribution in [-0.2, 0) is 19.1 Å². The standard InChI is InChI=1S/C25H21F4N2O/c1-2-3-6-15-11-12-17-21(13-15)31(20-10-5-8-18(22(17)20)24(30)32)14-16-7-4-9-19(23(16)26)25(27,28)29/h4-5,7-11,13H,2-3,6,14H2,1H3,(H2,30,32). The molecular formula is C25H21F4N2O. The highest BCUT2D eigenvalue weighted by molar-refractivity contribution is 6.17. The lowest BCUT2D eigenvalue weighted by atomic mass is 10.0. The predicted molar refractivity (Wildman–Crippen MR) is 116 cm³/mol. The number of fused-ring (bicyclic) bond motifs is 3. The topological polar surface area (TPSA) is 48.0 Å². The predicted octanol–water partition coefficient (Wildman–Crippen LogP) is 6.24. The van der Waals surface area contributed by atoms with Crippen LogP contribution in [0.1, 0.15) is 46.8 Å². The van der Waals surface area contributed by atoms with Crippen molar-refractivity contribution in [2.24, 2.45) is 5.73 Å². The first-order valence-electron chi connectivity index (χ1n) is 10.3. The van der Waals surface area contributed by atoms with Crippen LogP contribution >= 0.6 is 0 Å². The molecule has 0 saturated heterocycles. The summed E-state index contributed by atoms with van der Waals surface area (Å²) in [4.78, 5) is 12.1. The maximum absolute atomic E-state index is 14.8. The van der Waals surface area contributed by atoms with Gasteiger partial charge in [0.1, 0.15) is 5.82 Å². The molecule has 0 bridgehead atoms. The van der Waals surface area contributed by atoms with Gasteiger partial charge in [0.15, 0.2) is 0 Å². The molecule has 0 aliphatic rings. The molecule has 1 amide bonds. The van der Waals surface area contributed by atoms with Crippen molar-refractivity contribution in [1.29, 1.82) is 0 Å². The Morgan fingerprint density at radius 2 is 1.88 bits per heavy atom. The summed E-state index contributed by atoms with van der Waals surface area (Å²) >= 11 is 0. The number of rotatable bonds is 6. The van der Waals surface area contributed by atoms with E-state index in [2.05, 4.69) is 13.0 Å². The van der Waals surface area contributed by atoms with Crippen molar-refractivity contribution in [2.45, 2.75) is 38.9 Å². The number of hydrogen-bond acceptors (Lipinski definition) is 1. The summed E-state index contributed by atoms with van der Waals surface area (Å²) in [5.74, 6) is -1.92. The number of nitrogens with zero attached hydrogens (tertiary/aromatic N) is 1. The van der Waals surface area contributed by atoms with Crippen molar-refractivity contribution in [2.75, 3.05) is 0 Å². The SMILES string of the molecule is CCCCc1c[c]c2c3c(C(N)=O)cccc3n(Cc3cccc(C(F)(F)F)c3F)c2c1. The van der Waals surface area contributed by atoms with Gasteiger partial charge in [-0.25, -0.2) is 4.39 Å². The van der Waals surface area contributed by atoms with Gasteiger partial charge in [-0.3, -0.25) is 4.79 Å². The summed E-state index contributed by atoms with van der Waals surface area (Å²) in [7, 11) is 0. The summed E-state index contributed by atoms with van der Waals surface area (Å²) in [6.45, 7) is 1.94. The Bertz CT molecular complexity index is 1320. The van der Waals surface area contributed by atoms with E-state index < -0.39 is 23.5 Å². The summed E-state index contributed by atoms with van der Waals surface area (Å²) in [5.41, 5.74) is 6.72. The number of halogens is 4. The van der Waals surface area contributed by atoms with Crippen molar-refractivity contribution in [1.82, 2.24) is 4.57 Å². The van der Waals surface area contributed by atoms with Crippen LogP contribution in [0.25, 0.3) is 21.8 Å². The number of aryl methyl sites for hydroxylation is 1. The lowest BCUT2D eigenvalue weighted by Crippen LogP contribution is -2.12. The molecule has 4 rings (SSSR count). The van der Waals surface area contributed by atoms with Crippen molar-refractivity contribution in [3.8, 4) is 0 Å². The zero-order chi connectivity index (χ0) is 23.0. The third kappa shape index (κ3) is 3.83. The number of benzene rings is 3. The maximum atomic E-state index is 14.8. The van der Waals surface area contributed by atoms with Gasteiger partial charge < -0.3 is 10.3 Å². The minimum atomic E-state index is -4.79. The molecule has 1 radical (unpaired) electrons. The second-order valence-electron chi connectivity index (χ2n) is 7.80. The first-order chi connectivity index (χ1) is 15.2. The molecular weight excluding hydrogens is 420 g/mol. The molecule has 32 heavy (non-hydrogen) atoms. The normalized spacial score (nSPS) is 12.0. The van der Waals surface area contributed by atoms with Crippen LogP contribution in [0.5, 0.6) is 0 Å². The van der Waals surface area contributed by atoms with E-state index in [-0.39, 0.29) is 17.7 Å². The Morgan fingerprint density at radius 3 is 2.56 bits per heavy atom. The van der Waals surface area contributed by atoms with E-state index in [4.69, 9.17) is 5.73 Å². The van der Waals surface area contributed by atoms with Gasteiger partial charge >= 0.3 is 6.18 Å². The van der Waals surface area contributed by atoms with Gasteiger partial charge in [0.05, 0.1) is 23.1 Å². The summed E-state index contributed by atoms with van der Waals surface area (Å²) < 4.78 is 56.2. The zero-order valence-corrected chi connectivity index (χ0v) is 17.4. The lowest BCUT2D eigenvalue weighted by molar-refractivity contribution is -0.140. The molecule has 1 aromatic heterocycles. The van der Waals surface area contributed by atoms with Crippen LogP contribution in [0.4, 0.5) is 17.6 Å². The third-order valence-electron chi connectivity index (χ3n) is 5.65. The molecule has 1 heterocycles. The molecule has 0 fully saturated rings. The second kappa shape index (κ2) is 8.30.